The summed E-state index contributed by atoms with van der Waals surface area (Å²) in [5, 5.41) is 9.13. The summed E-state index contributed by atoms with van der Waals surface area (Å²) in [7, 11) is 0. The van der Waals surface area contributed by atoms with Gasteiger partial charge in [0.05, 0.1) is 5.92 Å². The van der Waals surface area contributed by atoms with Gasteiger partial charge in [0.15, 0.2) is 0 Å². The largest absolute Gasteiger partial charge is 0.481 e. The number of nitrogens with zero attached hydrogens (tertiary/aromatic N) is 1. The molecule has 0 aliphatic rings. The Balaban J connectivity index is 2.27. The van der Waals surface area contributed by atoms with E-state index in [2.05, 4.69) is 4.98 Å². The summed E-state index contributed by atoms with van der Waals surface area (Å²) in [4.78, 5) is 15.1. The Bertz CT molecular complexity index is 341. The third-order valence-corrected chi connectivity index (χ3v) is 3.10. The van der Waals surface area contributed by atoms with Gasteiger partial charge in [-0.25, -0.2) is 0 Å². The summed E-state index contributed by atoms with van der Waals surface area (Å²) < 4.78 is 0. The van der Waals surface area contributed by atoms with Gasteiger partial charge in [0.2, 0.25) is 0 Å². The van der Waals surface area contributed by atoms with Gasteiger partial charge in [-0.1, -0.05) is 12.5 Å². The molecule has 0 saturated heterocycles. The van der Waals surface area contributed by atoms with Gasteiger partial charge in [-0.3, -0.25) is 9.78 Å². The zero-order chi connectivity index (χ0) is 13.2. The number of unbranched alkanes of at least 4 members (excludes halogenated alkanes) is 1. The maximum Gasteiger partial charge on any atom is 0.306 e. The lowest BCUT2D eigenvalue weighted by Gasteiger charge is -2.11. The number of aromatic nitrogens is 1. The molecule has 0 aliphatic carbocycles. The molecule has 1 heterocycles. The van der Waals surface area contributed by atoms with Gasteiger partial charge in [-0.15, -0.1) is 0 Å². The van der Waals surface area contributed by atoms with E-state index >= 15 is 0 Å². The van der Waals surface area contributed by atoms with E-state index in [-0.39, 0.29) is 5.92 Å². The van der Waals surface area contributed by atoms with E-state index in [1.807, 2.05) is 18.3 Å². The first-order chi connectivity index (χ1) is 8.74. The Labute approximate surface area is 108 Å². The number of aliphatic carboxylic acids is 1. The van der Waals surface area contributed by atoms with Crippen LogP contribution in [0.15, 0.2) is 24.5 Å². The normalized spacial score (nSPS) is 12.3. The fourth-order valence-corrected chi connectivity index (χ4v) is 2.02. The third-order valence-electron chi connectivity index (χ3n) is 3.10. The highest BCUT2D eigenvalue weighted by Crippen LogP contribution is 2.16. The van der Waals surface area contributed by atoms with E-state index in [4.69, 9.17) is 10.8 Å². The van der Waals surface area contributed by atoms with Crippen LogP contribution < -0.4 is 5.73 Å². The fourth-order valence-electron chi connectivity index (χ4n) is 2.02. The summed E-state index contributed by atoms with van der Waals surface area (Å²) >= 11 is 0. The van der Waals surface area contributed by atoms with Crippen molar-refractivity contribution in [2.75, 3.05) is 6.54 Å². The van der Waals surface area contributed by atoms with Crippen LogP contribution in [0.2, 0.25) is 0 Å². The molecule has 0 radical (unpaired) electrons. The van der Waals surface area contributed by atoms with Crippen LogP contribution in [-0.4, -0.2) is 22.6 Å². The van der Waals surface area contributed by atoms with Gasteiger partial charge in [-0.2, -0.15) is 0 Å². The second-order valence-electron chi connectivity index (χ2n) is 4.57. The average molecular weight is 250 g/mol. The van der Waals surface area contributed by atoms with Crippen LogP contribution >= 0.6 is 0 Å². The number of nitrogens with two attached hydrogens (primary N) is 1. The van der Waals surface area contributed by atoms with Crippen molar-refractivity contribution in [3.05, 3.63) is 30.1 Å². The highest BCUT2D eigenvalue weighted by molar-refractivity contribution is 5.69. The summed E-state index contributed by atoms with van der Waals surface area (Å²) in [6, 6.07) is 3.93. The summed E-state index contributed by atoms with van der Waals surface area (Å²) in [6.07, 6.45) is 8.65. The van der Waals surface area contributed by atoms with Gasteiger partial charge in [-0.05, 0) is 50.3 Å². The zero-order valence-corrected chi connectivity index (χ0v) is 10.7. The van der Waals surface area contributed by atoms with Gasteiger partial charge < -0.3 is 10.8 Å². The van der Waals surface area contributed by atoms with E-state index in [0.717, 1.165) is 38.5 Å². The van der Waals surface area contributed by atoms with E-state index in [1.165, 1.54) is 5.56 Å². The van der Waals surface area contributed by atoms with Crippen LogP contribution in [-0.2, 0) is 11.2 Å². The SMILES string of the molecule is NCCCC[C@H](CCCc1cccnc1)C(=O)O. The van der Waals surface area contributed by atoms with Gasteiger partial charge in [0.25, 0.3) is 0 Å². The second-order valence-corrected chi connectivity index (χ2v) is 4.57. The molecule has 0 aromatic carbocycles. The Morgan fingerprint density at radius 1 is 1.33 bits per heavy atom. The van der Waals surface area contributed by atoms with Crippen LogP contribution in [0.4, 0.5) is 0 Å². The predicted molar refractivity (Wildman–Crippen MR) is 71.2 cm³/mol. The van der Waals surface area contributed by atoms with Crippen molar-refractivity contribution < 1.29 is 9.90 Å². The lowest BCUT2D eigenvalue weighted by molar-refractivity contribution is -0.142. The Kier molecular flexibility index (Phi) is 7.03. The first-order valence-electron chi connectivity index (χ1n) is 6.56. The van der Waals surface area contributed by atoms with Crippen molar-refractivity contribution in [2.45, 2.75) is 38.5 Å². The highest BCUT2D eigenvalue weighted by Gasteiger charge is 2.16. The van der Waals surface area contributed by atoms with Crippen molar-refractivity contribution >= 4 is 5.97 Å². The lowest BCUT2D eigenvalue weighted by atomic mass is 9.95. The van der Waals surface area contributed by atoms with Gasteiger partial charge in [0, 0.05) is 12.4 Å². The Hall–Kier alpha value is -1.42. The van der Waals surface area contributed by atoms with Crippen LogP contribution in [0, 0.1) is 5.92 Å². The number of hydrogen-bond donors (Lipinski definition) is 2. The number of aryl methyl sites for hydroxylation is 1. The van der Waals surface area contributed by atoms with Crippen LogP contribution in [0.1, 0.15) is 37.7 Å². The maximum atomic E-state index is 11.1. The number of hydrogen-bond acceptors (Lipinski definition) is 3. The van der Waals surface area contributed by atoms with E-state index in [0.29, 0.717) is 6.54 Å². The quantitative estimate of drug-likeness (QED) is 0.659. The maximum absolute atomic E-state index is 11.1. The summed E-state index contributed by atoms with van der Waals surface area (Å²) in [5.41, 5.74) is 6.58. The molecule has 4 heteroatoms. The molecular formula is C14H22N2O2. The first-order valence-corrected chi connectivity index (χ1v) is 6.56. The first kappa shape index (κ1) is 14.6. The van der Waals surface area contributed by atoms with Crippen LogP contribution in [0.3, 0.4) is 0 Å². The molecule has 0 spiro atoms. The topological polar surface area (TPSA) is 76.2 Å². The molecule has 4 nitrogen and oxygen atoms in total. The van der Waals surface area contributed by atoms with Crippen LogP contribution in [0.25, 0.3) is 0 Å². The van der Waals surface area contributed by atoms with E-state index < -0.39 is 5.97 Å². The molecule has 1 atom stereocenters. The molecule has 1 rings (SSSR count). The van der Waals surface area contributed by atoms with E-state index in [9.17, 15) is 4.79 Å². The standard InChI is InChI=1S/C14H22N2O2/c15-9-2-1-7-13(14(17)18)8-3-5-12-6-4-10-16-11-12/h4,6,10-11,13H,1-3,5,7-9,15H2,(H,17,18)/t13-/m1/s1. The molecule has 0 bridgehead atoms. The summed E-state index contributed by atoms with van der Waals surface area (Å²) in [6.45, 7) is 0.641. The minimum absolute atomic E-state index is 0.228. The van der Waals surface area contributed by atoms with Crippen LogP contribution in [0.5, 0.6) is 0 Å². The molecule has 18 heavy (non-hydrogen) atoms. The monoisotopic (exact) mass is 250 g/mol. The number of carboxylic acids is 1. The van der Waals surface area contributed by atoms with Crippen molar-refractivity contribution in [1.82, 2.24) is 4.98 Å². The molecule has 0 saturated carbocycles. The summed E-state index contributed by atoms with van der Waals surface area (Å²) in [5.74, 6) is -0.911. The number of carbonyl (C=O) groups is 1. The highest BCUT2D eigenvalue weighted by atomic mass is 16.4. The minimum Gasteiger partial charge on any atom is -0.481 e. The minimum atomic E-state index is -0.682. The van der Waals surface area contributed by atoms with E-state index in [1.54, 1.807) is 6.20 Å². The smallest absolute Gasteiger partial charge is 0.306 e. The number of carboxylic acid groups (broad SMARTS) is 1. The van der Waals surface area contributed by atoms with Crippen molar-refractivity contribution in [3.8, 4) is 0 Å². The fraction of sp³-hybridized carbons (Fsp3) is 0.571. The molecule has 3 N–H and O–H groups in total. The molecule has 0 unspecified atom stereocenters. The number of pyridine rings is 1. The molecular weight excluding hydrogens is 228 g/mol. The lowest BCUT2D eigenvalue weighted by Crippen LogP contribution is -2.14. The second kappa shape index (κ2) is 8.64. The van der Waals surface area contributed by atoms with Crippen molar-refractivity contribution in [1.29, 1.82) is 0 Å². The zero-order valence-electron chi connectivity index (χ0n) is 10.7. The van der Waals surface area contributed by atoms with Gasteiger partial charge >= 0.3 is 5.97 Å². The third kappa shape index (κ3) is 5.77. The number of rotatable bonds is 9. The molecule has 0 aliphatic heterocycles. The Morgan fingerprint density at radius 3 is 2.72 bits per heavy atom. The Morgan fingerprint density at radius 2 is 2.11 bits per heavy atom. The molecule has 1 aromatic rings. The molecule has 100 valence electrons. The van der Waals surface area contributed by atoms with Crippen molar-refractivity contribution in [3.63, 3.8) is 0 Å². The van der Waals surface area contributed by atoms with Gasteiger partial charge in [0.1, 0.15) is 0 Å². The predicted octanol–water partition coefficient (Wildman–Crippen LogP) is 2.23. The average Bonchev–Trinajstić information content (AvgIpc) is 2.38. The molecule has 0 amide bonds. The molecule has 1 aromatic heterocycles. The van der Waals surface area contributed by atoms with Crippen molar-refractivity contribution in [2.24, 2.45) is 11.7 Å². The molecule has 0 fully saturated rings.